The zero-order valence-electron chi connectivity index (χ0n) is 11.4. The number of nitrogens with zero attached hydrogens (tertiary/aromatic N) is 1. The molecule has 106 valence electrons. The van der Waals surface area contributed by atoms with Gasteiger partial charge in [0.1, 0.15) is 5.82 Å². The minimum Gasteiger partial charge on any atom is -0.342 e. The maximum Gasteiger partial charge on any atom is 0.251 e. The summed E-state index contributed by atoms with van der Waals surface area (Å²) in [6.07, 6.45) is 0. The van der Waals surface area contributed by atoms with Crippen LogP contribution in [0.4, 0.5) is 0 Å². The number of rotatable bonds is 3. The summed E-state index contributed by atoms with van der Waals surface area (Å²) in [6, 6.07) is 14.9. The second-order valence-corrected chi connectivity index (χ2v) is 5.76. The van der Waals surface area contributed by atoms with Crippen molar-refractivity contribution in [2.45, 2.75) is 13.0 Å². The molecule has 3 aromatic rings. The van der Waals surface area contributed by atoms with Crippen LogP contribution in [0, 0.1) is 0 Å². The molecule has 21 heavy (non-hydrogen) atoms. The molecule has 0 aliphatic heterocycles. The molecule has 1 heterocycles. The molecule has 0 unspecified atom stereocenters. The predicted octanol–water partition coefficient (Wildman–Crippen LogP) is 3.82. The van der Waals surface area contributed by atoms with Gasteiger partial charge in [0, 0.05) is 10.0 Å². The van der Waals surface area contributed by atoms with E-state index in [1.807, 2.05) is 43.3 Å². The average molecular weight is 344 g/mol. The molecule has 2 N–H and O–H groups in total. The number of halogens is 1. The third-order valence-corrected chi connectivity index (χ3v) is 3.80. The fourth-order valence-electron chi connectivity index (χ4n) is 2.13. The number of fused-ring (bicyclic) bond motifs is 1. The summed E-state index contributed by atoms with van der Waals surface area (Å²) < 4.78 is 0.949. The second kappa shape index (κ2) is 5.69. The smallest absolute Gasteiger partial charge is 0.251 e. The Hall–Kier alpha value is -2.14. The highest BCUT2D eigenvalue weighted by molar-refractivity contribution is 9.10. The van der Waals surface area contributed by atoms with Crippen LogP contribution in [0.1, 0.15) is 29.1 Å². The molecule has 5 heteroatoms. The van der Waals surface area contributed by atoms with E-state index in [1.165, 1.54) is 0 Å². The predicted molar refractivity (Wildman–Crippen MR) is 86.1 cm³/mol. The number of carbonyl (C=O) groups excluding carboxylic acids is 1. The summed E-state index contributed by atoms with van der Waals surface area (Å²) >= 11 is 3.36. The minimum atomic E-state index is -0.187. The number of nitrogens with one attached hydrogen (secondary N) is 2. The standard InChI is InChI=1S/C16H14BrN3O/c1-10(15-19-13-4-2-3-5-14(13)20-15)18-16(21)11-6-8-12(17)9-7-11/h2-10H,1H3,(H,18,21)(H,19,20)/t10-/m0/s1. The van der Waals surface area contributed by atoms with Gasteiger partial charge in [-0.3, -0.25) is 4.79 Å². The third-order valence-electron chi connectivity index (χ3n) is 3.27. The van der Waals surface area contributed by atoms with Crippen LogP contribution in [0.2, 0.25) is 0 Å². The van der Waals surface area contributed by atoms with Gasteiger partial charge in [-0.1, -0.05) is 28.1 Å². The summed E-state index contributed by atoms with van der Waals surface area (Å²) in [4.78, 5) is 19.9. The number of H-pyrrole nitrogens is 1. The van der Waals surface area contributed by atoms with Gasteiger partial charge in [0.05, 0.1) is 17.1 Å². The number of aromatic amines is 1. The normalized spacial score (nSPS) is 12.3. The van der Waals surface area contributed by atoms with E-state index in [0.29, 0.717) is 5.56 Å². The SMILES string of the molecule is C[C@H](NC(=O)c1ccc(Br)cc1)c1nc2ccccc2[nH]1. The zero-order valence-corrected chi connectivity index (χ0v) is 13.0. The van der Waals surface area contributed by atoms with Crippen LogP contribution in [0.3, 0.4) is 0 Å². The van der Waals surface area contributed by atoms with Crippen LogP contribution in [-0.2, 0) is 0 Å². The van der Waals surface area contributed by atoms with Crippen LogP contribution < -0.4 is 5.32 Å². The van der Waals surface area contributed by atoms with Crippen LogP contribution in [0.5, 0.6) is 0 Å². The van der Waals surface area contributed by atoms with Crippen molar-refractivity contribution in [1.29, 1.82) is 0 Å². The van der Waals surface area contributed by atoms with Gasteiger partial charge in [0.15, 0.2) is 0 Å². The molecule has 0 saturated carbocycles. The Labute approximate surface area is 130 Å². The highest BCUT2D eigenvalue weighted by Crippen LogP contribution is 2.16. The molecular formula is C16H14BrN3O. The molecule has 1 atom stereocenters. The molecule has 0 saturated heterocycles. The topological polar surface area (TPSA) is 57.8 Å². The lowest BCUT2D eigenvalue weighted by Gasteiger charge is -2.11. The van der Waals surface area contributed by atoms with Gasteiger partial charge in [0.2, 0.25) is 0 Å². The maximum absolute atomic E-state index is 12.2. The van der Waals surface area contributed by atoms with E-state index in [0.717, 1.165) is 21.3 Å². The highest BCUT2D eigenvalue weighted by atomic mass is 79.9. The molecule has 0 aliphatic rings. The van der Waals surface area contributed by atoms with Gasteiger partial charge in [0.25, 0.3) is 5.91 Å². The molecule has 0 spiro atoms. The molecule has 0 bridgehead atoms. The maximum atomic E-state index is 12.2. The molecule has 1 amide bonds. The Kier molecular flexibility index (Phi) is 3.75. The number of hydrogen-bond acceptors (Lipinski definition) is 2. The Balaban J connectivity index is 1.77. The van der Waals surface area contributed by atoms with E-state index in [9.17, 15) is 4.79 Å². The molecule has 0 fully saturated rings. The largest absolute Gasteiger partial charge is 0.342 e. The molecule has 4 nitrogen and oxygen atoms in total. The molecule has 3 rings (SSSR count). The Morgan fingerprint density at radius 2 is 1.90 bits per heavy atom. The molecule has 1 aromatic heterocycles. The van der Waals surface area contributed by atoms with Crippen molar-refractivity contribution < 1.29 is 4.79 Å². The van der Waals surface area contributed by atoms with Crippen LogP contribution in [0.15, 0.2) is 53.0 Å². The molecular weight excluding hydrogens is 330 g/mol. The fraction of sp³-hybridized carbons (Fsp3) is 0.125. The first kappa shape index (κ1) is 13.8. The van der Waals surface area contributed by atoms with E-state index in [4.69, 9.17) is 0 Å². The van der Waals surface area contributed by atoms with Crippen molar-refractivity contribution in [2.75, 3.05) is 0 Å². The third kappa shape index (κ3) is 2.97. The zero-order chi connectivity index (χ0) is 14.8. The fourth-order valence-corrected chi connectivity index (χ4v) is 2.39. The number of amides is 1. The Bertz CT molecular complexity index is 747. The van der Waals surface area contributed by atoms with Crippen molar-refractivity contribution in [3.63, 3.8) is 0 Å². The van der Waals surface area contributed by atoms with Crippen LogP contribution in [-0.4, -0.2) is 15.9 Å². The summed E-state index contributed by atoms with van der Waals surface area (Å²) in [5.41, 5.74) is 2.50. The number of para-hydroxylation sites is 2. The lowest BCUT2D eigenvalue weighted by Crippen LogP contribution is -2.27. The number of carbonyl (C=O) groups is 1. The minimum absolute atomic E-state index is 0.115. The van der Waals surface area contributed by atoms with E-state index in [-0.39, 0.29) is 11.9 Å². The molecule has 0 aliphatic carbocycles. The molecule has 0 radical (unpaired) electrons. The lowest BCUT2D eigenvalue weighted by atomic mass is 10.2. The average Bonchev–Trinajstić information content (AvgIpc) is 2.92. The van der Waals surface area contributed by atoms with Gasteiger partial charge in [-0.2, -0.15) is 0 Å². The summed E-state index contributed by atoms with van der Waals surface area (Å²) in [7, 11) is 0. The van der Waals surface area contributed by atoms with Gasteiger partial charge >= 0.3 is 0 Å². The van der Waals surface area contributed by atoms with Crippen molar-refractivity contribution in [1.82, 2.24) is 15.3 Å². The van der Waals surface area contributed by atoms with Crippen molar-refractivity contribution in [2.24, 2.45) is 0 Å². The van der Waals surface area contributed by atoms with E-state index in [1.54, 1.807) is 12.1 Å². The Morgan fingerprint density at radius 3 is 2.62 bits per heavy atom. The Morgan fingerprint density at radius 1 is 1.19 bits per heavy atom. The summed E-state index contributed by atoms with van der Waals surface area (Å²) in [6.45, 7) is 1.91. The van der Waals surface area contributed by atoms with E-state index >= 15 is 0 Å². The quantitative estimate of drug-likeness (QED) is 0.759. The lowest BCUT2D eigenvalue weighted by molar-refractivity contribution is 0.0938. The summed E-state index contributed by atoms with van der Waals surface area (Å²) in [5, 5.41) is 2.94. The number of imidazole rings is 1. The number of hydrogen-bond donors (Lipinski definition) is 2. The van der Waals surface area contributed by atoms with Gasteiger partial charge in [-0.25, -0.2) is 4.98 Å². The number of benzene rings is 2. The first-order valence-corrected chi connectivity index (χ1v) is 7.44. The first-order chi connectivity index (χ1) is 10.1. The second-order valence-electron chi connectivity index (χ2n) is 4.84. The van der Waals surface area contributed by atoms with Crippen molar-refractivity contribution >= 4 is 32.9 Å². The number of aromatic nitrogens is 2. The highest BCUT2D eigenvalue weighted by Gasteiger charge is 2.14. The van der Waals surface area contributed by atoms with Gasteiger partial charge in [-0.05, 0) is 43.3 Å². The first-order valence-electron chi connectivity index (χ1n) is 6.64. The van der Waals surface area contributed by atoms with Crippen molar-refractivity contribution in [3.05, 3.63) is 64.4 Å². The van der Waals surface area contributed by atoms with Gasteiger partial charge < -0.3 is 10.3 Å². The monoisotopic (exact) mass is 343 g/mol. The van der Waals surface area contributed by atoms with Crippen LogP contribution in [0.25, 0.3) is 11.0 Å². The summed E-state index contributed by atoms with van der Waals surface area (Å²) in [5.74, 6) is 0.636. The molecule has 2 aromatic carbocycles. The van der Waals surface area contributed by atoms with Crippen LogP contribution >= 0.6 is 15.9 Å². The van der Waals surface area contributed by atoms with E-state index < -0.39 is 0 Å². The van der Waals surface area contributed by atoms with Crippen molar-refractivity contribution in [3.8, 4) is 0 Å². The van der Waals surface area contributed by atoms with E-state index in [2.05, 4.69) is 31.2 Å². The van der Waals surface area contributed by atoms with Gasteiger partial charge in [-0.15, -0.1) is 0 Å².